The Bertz CT molecular complexity index is 1370. The average molecular weight is 499 g/mol. The normalized spacial score (nSPS) is 15.2. The summed E-state index contributed by atoms with van der Waals surface area (Å²) in [4.78, 5) is 13.2. The zero-order chi connectivity index (χ0) is 24.9. The number of rotatable bonds is 8. The summed E-state index contributed by atoms with van der Waals surface area (Å²) in [7, 11) is 0. The molecule has 2 heterocycles. The third-order valence-corrected chi connectivity index (χ3v) is 6.86. The predicted octanol–water partition coefficient (Wildman–Crippen LogP) is 5.76. The van der Waals surface area contributed by atoms with E-state index in [2.05, 4.69) is 22.1 Å². The Balaban J connectivity index is 1.32. The lowest BCUT2D eigenvalue weighted by atomic mass is 10.0. The van der Waals surface area contributed by atoms with Crippen LogP contribution in [-0.4, -0.2) is 32.5 Å². The van der Waals surface area contributed by atoms with E-state index >= 15 is 0 Å². The molecule has 1 amide bonds. The van der Waals surface area contributed by atoms with E-state index in [0.717, 1.165) is 16.8 Å². The highest BCUT2D eigenvalue weighted by atomic mass is 32.2. The SMILES string of the molecule is C=CCn1c(SC(C)C(=O)Nc2ccccc2-c2ccccc2)nnc1C1COc2ccccc2O1. The number of thioether (sulfide) groups is 1. The molecule has 0 fully saturated rings. The monoisotopic (exact) mass is 498 g/mol. The quantitative estimate of drug-likeness (QED) is 0.246. The van der Waals surface area contributed by atoms with E-state index in [1.54, 1.807) is 6.08 Å². The molecule has 3 aromatic carbocycles. The largest absolute Gasteiger partial charge is 0.485 e. The number of nitrogens with zero attached hydrogens (tertiary/aromatic N) is 3. The number of benzene rings is 3. The summed E-state index contributed by atoms with van der Waals surface area (Å²) in [6.07, 6.45) is 1.36. The average Bonchev–Trinajstić information content (AvgIpc) is 3.31. The second kappa shape index (κ2) is 10.7. The Morgan fingerprint density at radius 3 is 2.61 bits per heavy atom. The van der Waals surface area contributed by atoms with Crippen molar-refractivity contribution in [2.45, 2.75) is 30.0 Å². The van der Waals surface area contributed by atoms with Crippen LogP contribution in [0.25, 0.3) is 11.1 Å². The van der Waals surface area contributed by atoms with Crippen molar-refractivity contribution in [2.75, 3.05) is 11.9 Å². The van der Waals surface area contributed by atoms with E-state index in [4.69, 9.17) is 9.47 Å². The van der Waals surface area contributed by atoms with Crippen molar-refractivity contribution in [3.63, 3.8) is 0 Å². The fourth-order valence-electron chi connectivity index (χ4n) is 3.98. The van der Waals surface area contributed by atoms with Gasteiger partial charge in [-0.25, -0.2) is 0 Å². The van der Waals surface area contributed by atoms with Gasteiger partial charge in [0.15, 0.2) is 28.6 Å². The van der Waals surface area contributed by atoms with Crippen LogP contribution in [0.5, 0.6) is 11.5 Å². The number of amides is 1. The second-order valence-electron chi connectivity index (χ2n) is 8.27. The van der Waals surface area contributed by atoms with E-state index in [1.165, 1.54) is 11.8 Å². The maximum absolute atomic E-state index is 13.2. The first-order chi connectivity index (χ1) is 17.6. The van der Waals surface area contributed by atoms with Crippen LogP contribution >= 0.6 is 11.8 Å². The van der Waals surface area contributed by atoms with Gasteiger partial charge in [-0.3, -0.25) is 9.36 Å². The number of para-hydroxylation sites is 3. The standard InChI is InChI=1S/C28H26N4O3S/c1-3-17-32-26(25-18-34-23-15-9-10-16-24(23)35-25)30-31-28(32)36-19(2)27(33)29-22-14-8-7-13-21(22)20-11-5-4-6-12-20/h3-16,19,25H,1,17-18H2,2H3,(H,29,33). The van der Waals surface area contributed by atoms with Crippen LogP contribution in [0.1, 0.15) is 18.9 Å². The van der Waals surface area contributed by atoms with Crippen molar-refractivity contribution in [3.05, 3.63) is 97.3 Å². The van der Waals surface area contributed by atoms with Gasteiger partial charge in [0.05, 0.1) is 5.25 Å². The molecule has 1 N–H and O–H groups in total. The highest BCUT2D eigenvalue weighted by Gasteiger charge is 2.29. The highest BCUT2D eigenvalue weighted by Crippen LogP contribution is 2.36. The number of ether oxygens (including phenoxy) is 2. The van der Waals surface area contributed by atoms with Crippen molar-refractivity contribution in [1.82, 2.24) is 14.8 Å². The van der Waals surface area contributed by atoms with Gasteiger partial charge in [0.25, 0.3) is 0 Å². The summed E-state index contributed by atoms with van der Waals surface area (Å²) in [6, 6.07) is 25.3. The van der Waals surface area contributed by atoms with Gasteiger partial charge in [-0.15, -0.1) is 16.8 Å². The molecular formula is C28H26N4O3S. The molecule has 1 aromatic heterocycles. The van der Waals surface area contributed by atoms with Crippen molar-refractivity contribution in [3.8, 4) is 22.6 Å². The molecule has 8 heteroatoms. The molecule has 36 heavy (non-hydrogen) atoms. The first kappa shape index (κ1) is 23.7. The van der Waals surface area contributed by atoms with Gasteiger partial charge < -0.3 is 14.8 Å². The third-order valence-electron chi connectivity index (χ3n) is 5.77. The number of hydrogen-bond donors (Lipinski definition) is 1. The molecule has 2 unspecified atom stereocenters. The number of carbonyl (C=O) groups excluding carboxylic acids is 1. The first-order valence-corrected chi connectivity index (χ1v) is 12.6. The number of fused-ring (bicyclic) bond motifs is 1. The van der Waals surface area contributed by atoms with Crippen LogP contribution in [0.4, 0.5) is 5.69 Å². The Labute approximate surface area is 214 Å². The van der Waals surface area contributed by atoms with Gasteiger partial charge in [-0.05, 0) is 30.7 Å². The Hall–Kier alpha value is -4.04. The molecule has 0 saturated heterocycles. The molecule has 0 aliphatic carbocycles. The minimum absolute atomic E-state index is 0.121. The summed E-state index contributed by atoms with van der Waals surface area (Å²) < 4.78 is 13.9. The van der Waals surface area contributed by atoms with Crippen LogP contribution in [0.2, 0.25) is 0 Å². The molecule has 182 valence electrons. The smallest absolute Gasteiger partial charge is 0.237 e. The van der Waals surface area contributed by atoms with Gasteiger partial charge >= 0.3 is 0 Å². The molecule has 2 atom stereocenters. The summed E-state index contributed by atoms with van der Waals surface area (Å²) >= 11 is 1.34. The molecule has 1 aliphatic rings. The van der Waals surface area contributed by atoms with Crippen molar-refractivity contribution >= 4 is 23.4 Å². The van der Waals surface area contributed by atoms with Crippen molar-refractivity contribution in [2.24, 2.45) is 0 Å². The number of nitrogens with one attached hydrogen (secondary N) is 1. The van der Waals surface area contributed by atoms with E-state index in [0.29, 0.717) is 35.6 Å². The molecule has 1 aliphatic heterocycles. The predicted molar refractivity (Wildman–Crippen MR) is 141 cm³/mol. The van der Waals surface area contributed by atoms with E-state index in [9.17, 15) is 4.79 Å². The Morgan fingerprint density at radius 2 is 1.81 bits per heavy atom. The van der Waals surface area contributed by atoms with E-state index < -0.39 is 11.4 Å². The molecular weight excluding hydrogens is 472 g/mol. The van der Waals surface area contributed by atoms with Gasteiger partial charge in [0.2, 0.25) is 5.91 Å². The topological polar surface area (TPSA) is 78.3 Å². The molecule has 0 saturated carbocycles. The van der Waals surface area contributed by atoms with Crippen LogP contribution in [0, 0.1) is 0 Å². The van der Waals surface area contributed by atoms with Gasteiger partial charge in [-0.1, -0.05) is 78.5 Å². The lowest BCUT2D eigenvalue weighted by Gasteiger charge is -2.26. The van der Waals surface area contributed by atoms with Gasteiger partial charge in [-0.2, -0.15) is 0 Å². The molecule has 0 spiro atoms. The summed E-state index contributed by atoms with van der Waals surface area (Å²) in [5, 5.41) is 12.0. The molecule has 4 aromatic rings. The lowest BCUT2D eigenvalue weighted by Crippen LogP contribution is -2.25. The maximum atomic E-state index is 13.2. The molecule has 5 rings (SSSR count). The van der Waals surface area contributed by atoms with Crippen molar-refractivity contribution < 1.29 is 14.3 Å². The highest BCUT2D eigenvalue weighted by molar-refractivity contribution is 8.00. The summed E-state index contributed by atoms with van der Waals surface area (Å²) in [5.41, 5.74) is 2.77. The molecule has 0 bridgehead atoms. The van der Waals surface area contributed by atoms with Crippen LogP contribution in [0.15, 0.2) is 96.7 Å². The zero-order valence-corrected chi connectivity index (χ0v) is 20.7. The number of hydrogen-bond acceptors (Lipinski definition) is 6. The minimum atomic E-state index is -0.418. The maximum Gasteiger partial charge on any atom is 0.237 e. The fourth-order valence-corrected chi connectivity index (χ4v) is 4.85. The van der Waals surface area contributed by atoms with Crippen LogP contribution in [-0.2, 0) is 11.3 Å². The number of aromatic nitrogens is 3. The van der Waals surface area contributed by atoms with E-state index in [-0.39, 0.29) is 5.91 Å². The van der Waals surface area contributed by atoms with Crippen LogP contribution < -0.4 is 14.8 Å². The Kier molecular flexibility index (Phi) is 7.04. The zero-order valence-electron chi connectivity index (χ0n) is 19.8. The fraction of sp³-hybridized carbons (Fsp3) is 0.179. The van der Waals surface area contributed by atoms with Crippen molar-refractivity contribution in [1.29, 1.82) is 0 Å². The first-order valence-electron chi connectivity index (χ1n) is 11.7. The summed E-state index contributed by atoms with van der Waals surface area (Å²) in [5.74, 6) is 1.89. The minimum Gasteiger partial charge on any atom is -0.485 e. The van der Waals surface area contributed by atoms with Gasteiger partial charge in [0, 0.05) is 17.8 Å². The number of allylic oxidation sites excluding steroid dienone is 1. The van der Waals surface area contributed by atoms with E-state index in [1.807, 2.05) is 90.4 Å². The van der Waals surface area contributed by atoms with Gasteiger partial charge in [0.1, 0.15) is 6.61 Å². The molecule has 7 nitrogen and oxygen atoms in total. The second-order valence-corrected chi connectivity index (χ2v) is 9.57. The Morgan fingerprint density at radius 1 is 1.08 bits per heavy atom. The number of anilines is 1. The van der Waals surface area contributed by atoms with Crippen LogP contribution in [0.3, 0.4) is 0 Å². The summed E-state index contributed by atoms with van der Waals surface area (Å²) in [6.45, 7) is 6.53. The molecule has 0 radical (unpaired) electrons. The number of carbonyl (C=O) groups is 1. The lowest BCUT2D eigenvalue weighted by molar-refractivity contribution is -0.115. The third kappa shape index (κ3) is 4.99.